The van der Waals surface area contributed by atoms with Gasteiger partial charge in [-0.3, -0.25) is 9.48 Å². The number of aromatic nitrogens is 4. The molecule has 1 atom stereocenters. The Balaban J connectivity index is 1.54. The summed E-state index contributed by atoms with van der Waals surface area (Å²) in [5.41, 5.74) is 4.25. The monoisotopic (exact) mass is 372 g/mol. The molecule has 3 aromatic rings. The van der Waals surface area contributed by atoms with Crippen LogP contribution in [0.1, 0.15) is 58.3 Å². The molecular formula is C19H18F2N4O2. The van der Waals surface area contributed by atoms with Crippen molar-refractivity contribution in [3.8, 4) is 11.4 Å². The molecule has 6 nitrogen and oxygen atoms in total. The van der Waals surface area contributed by atoms with Crippen molar-refractivity contribution >= 4 is 5.78 Å². The Morgan fingerprint density at radius 3 is 2.89 bits per heavy atom. The molecule has 0 amide bonds. The molecule has 1 aliphatic rings. The van der Waals surface area contributed by atoms with E-state index in [-0.39, 0.29) is 17.5 Å². The van der Waals surface area contributed by atoms with Crippen molar-refractivity contribution in [2.24, 2.45) is 7.05 Å². The van der Waals surface area contributed by atoms with Crippen molar-refractivity contribution in [1.29, 1.82) is 0 Å². The summed E-state index contributed by atoms with van der Waals surface area (Å²) in [7, 11) is 1.80. The first-order chi connectivity index (χ1) is 12.9. The maximum atomic E-state index is 12.6. The van der Waals surface area contributed by atoms with Crippen LogP contribution in [0.15, 0.2) is 28.9 Å². The summed E-state index contributed by atoms with van der Waals surface area (Å²) in [5, 5.41) is 7.85. The summed E-state index contributed by atoms with van der Waals surface area (Å²) >= 11 is 0. The molecule has 8 heteroatoms. The average molecular weight is 372 g/mol. The fourth-order valence-electron chi connectivity index (χ4n) is 3.71. The van der Waals surface area contributed by atoms with Crippen LogP contribution in [0.5, 0.6) is 0 Å². The molecule has 0 saturated heterocycles. The van der Waals surface area contributed by atoms with Gasteiger partial charge >= 0.3 is 6.43 Å². The van der Waals surface area contributed by atoms with E-state index in [4.69, 9.17) is 0 Å². The van der Waals surface area contributed by atoms with Crippen molar-refractivity contribution < 1.29 is 18.1 Å². The molecule has 0 N–H and O–H groups in total. The van der Waals surface area contributed by atoms with Crippen LogP contribution in [0.4, 0.5) is 8.78 Å². The summed E-state index contributed by atoms with van der Waals surface area (Å²) in [5.74, 6) is -0.301. The second-order valence-electron chi connectivity index (χ2n) is 6.84. The van der Waals surface area contributed by atoms with Gasteiger partial charge in [-0.25, -0.2) is 0 Å². The SMILES string of the molecule is Cc1nn(C)cc1C(=O)C[C@@H]1CCc2cc(-c3noc(C(F)F)n3)ccc21. The second-order valence-corrected chi connectivity index (χ2v) is 6.84. The molecule has 27 heavy (non-hydrogen) atoms. The lowest BCUT2D eigenvalue weighted by Gasteiger charge is -2.11. The second kappa shape index (κ2) is 6.68. The van der Waals surface area contributed by atoms with Gasteiger partial charge in [0.25, 0.3) is 5.89 Å². The lowest BCUT2D eigenvalue weighted by Crippen LogP contribution is -2.06. The molecule has 1 aromatic carbocycles. The van der Waals surface area contributed by atoms with E-state index in [1.807, 2.05) is 19.1 Å². The summed E-state index contributed by atoms with van der Waals surface area (Å²) in [6, 6.07) is 5.62. The zero-order chi connectivity index (χ0) is 19.1. The summed E-state index contributed by atoms with van der Waals surface area (Å²) in [4.78, 5) is 16.4. The Labute approximate surface area is 154 Å². The lowest BCUT2D eigenvalue weighted by atomic mass is 9.93. The summed E-state index contributed by atoms with van der Waals surface area (Å²) < 4.78 is 31.5. The summed E-state index contributed by atoms with van der Waals surface area (Å²) in [6.07, 6.45) is 1.10. The molecule has 2 aromatic heterocycles. The van der Waals surface area contributed by atoms with Gasteiger partial charge < -0.3 is 4.52 Å². The van der Waals surface area contributed by atoms with Crippen LogP contribution in [0, 0.1) is 6.92 Å². The Morgan fingerprint density at radius 2 is 2.22 bits per heavy atom. The zero-order valence-electron chi connectivity index (χ0n) is 14.9. The third kappa shape index (κ3) is 3.27. The van der Waals surface area contributed by atoms with Crippen molar-refractivity contribution in [2.75, 3.05) is 0 Å². The molecule has 0 fully saturated rings. The number of fused-ring (bicyclic) bond motifs is 1. The molecule has 0 bridgehead atoms. The van der Waals surface area contributed by atoms with Gasteiger partial charge in [0.15, 0.2) is 5.78 Å². The molecule has 0 unspecified atom stereocenters. The number of carbonyl (C=O) groups is 1. The van der Waals surface area contributed by atoms with Crippen LogP contribution in [-0.4, -0.2) is 25.7 Å². The molecule has 140 valence electrons. The number of Topliss-reactive ketones (excluding diaryl/α,β-unsaturated/α-hetero) is 1. The number of halogens is 2. The van der Waals surface area contributed by atoms with E-state index >= 15 is 0 Å². The van der Waals surface area contributed by atoms with Gasteiger partial charge in [-0.15, -0.1) is 0 Å². The largest absolute Gasteiger partial charge is 0.333 e. The van der Waals surface area contributed by atoms with Gasteiger partial charge in [0.1, 0.15) is 0 Å². The number of carbonyl (C=O) groups excluding carboxylic acids is 1. The first kappa shape index (κ1) is 17.5. The lowest BCUT2D eigenvalue weighted by molar-refractivity contribution is 0.0972. The minimum Gasteiger partial charge on any atom is -0.333 e. The Bertz CT molecular complexity index is 1010. The van der Waals surface area contributed by atoms with Gasteiger partial charge in [-0.05, 0) is 42.9 Å². The fourth-order valence-corrected chi connectivity index (χ4v) is 3.71. The number of hydrogen-bond acceptors (Lipinski definition) is 5. The quantitative estimate of drug-likeness (QED) is 0.633. The minimum absolute atomic E-state index is 0.0854. The van der Waals surface area contributed by atoms with Crippen LogP contribution in [-0.2, 0) is 13.5 Å². The molecule has 1 aliphatic carbocycles. The van der Waals surface area contributed by atoms with E-state index < -0.39 is 12.3 Å². The Kier molecular flexibility index (Phi) is 4.33. The normalized spacial score (nSPS) is 16.1. The van der Waals surface area contributed by atoms with E-state index in [0.29, 0.717) is 17.5 Å². The van der Waals surface area contributed by atoms with E-state index in [1.54, 1.807) is 24.0 Å². The van der Waals surface area contributed by atoms with Crippen LogP contribution in [0.25, 0.3) is 11.4 Å². The first-order valence-corrected chi connectivity index (χ1v) is 8.70. The molecular weight excluding hydrogens is 354 g/mol. The minimum atomic E-state index is -2.79. The van der Waals surface area contributed by atoms with Crippen molar-refractivity contribution in [3.63, 3.8) is 0 Å². The zero-order valence-corrected chi connectivity index (χ0v) is 14.9. The number of alkyl halides is 2. The van der Waals surface area contributed by atoms with Crippen LogP contribution < -0.4 is 0 Å². The fraction of sp³-hybridized carbons (Fsp3) is 0.368. The third-order valence-electron chi connectivity index (χ3n) is 4.98. The Hall–Kier alpha value is -2.90. The highest BCUT2D eigenvalue weighted by Crippen LogP contribution is 2.38. The van der Waals surface area contributed by atoms with Crippen LogP contribution >= 0.6 is 0 Å². The maximum Gasteiger partial charge on any atom is 0.315 e. The Morgan fingerprint density at radius 1 is 1.41 bits per heavy atom. The standard InChI is InChI=1S/C19H18F2N4O2/c1-10-15(9-25(2)23-10)16(26)8-12-4-3-11-7-13(5-6-14(11)12)18-22-19(17(20)21)27-24-18/h5-7,9,12,17H,3-4,8H2,1-2H3/t12-/m0/s1. The molecule has 0 saturated carbocycles. The predicted octanol–water partition coefficient (Wildman–Crippen LogP) is 4.02. The molecule has 0 spiro atoms. The number of hydrogen-bond donors (Lipinski definition) is 0. The highest BCUT2D eigenvalue weighted by atomic mass is 19.3. The smallest absolute Gasteiger partial charge is 0.315 e. The van der Waals surface area contributed by atoms with Crippen LogP contribution in [0.2, 0.25) is 0 Å². The highest BCUT2D eigenvalue weighted by molar-refractivity contribution is 5.97. The number of ketones is 1. The van der Waals surface area contributed by atoms with E-state index in [9.17, 15) is 13.6 Å². The first-order valence-electron chi connectivity index (χ1n) is 8.70. The third-order valence-corrected chi connectivity index (χ3v) is 4.98. The van der Waals surface area contributed by atoms with Crippen LogP contribution in [0.3, 0.4) is 0 Å². The molecule has 4 rings (SSSR count). The topological polar surface area (TPSA) is 73.8 Å². The predicted molar refractivity (Wildman–Crippen MR) is 92.6 cm³/mol. The van der Waals surface area contributed by atoms with Gasteiger partial charge in [0.05, 0.1) is 11.3 Å². The number of rotatable bonds is 5. The van der Waals surface area contributed by atoms with E-state index in [2.05, 4.69) is 19.8 Å². The van der Waals surface area contributed by atoms with Gasteiger partial charge in [0, 0.05) is 25.2 Å². The highest BCUT2D eigenvalue weighted by Gasteiger charge is 2.27. The molecule has 0 aliphatic heterocycles. The van der Waals surface area contributed by atoms with Gasteiger partial charge in [-0.2, -0.15) is 18.9 Å². The van der Waals surface area contributed by atoms with E-state index in [0.717, 1.165) is 29.7 Å². The average Bonchev–Trinajstić information content (AvgIpc) is 3.33. The van der Waals surface area contributed by atoms with Gasteiger partial charge in [0.2, 0.25) is 5.82 Å². The number of nitrogens with zero attached hydrogens (tertiary/aromatic N) is 4. The number of benzene rings is 1. The van der Waals surface area contributed by atoms with Crippen molar-refractivity contribution in [2.45, 2.75) is 38.5 Å². The summed E-state index contributed by atoms with van der Waals surface area (Å²) in [6.45, 7) is 1.83. The van der Waals surface area contributed by atoms with Crippen molar-refractivity contribution in [3.05, 3.63) is 52.7 Å². The number of aryl methyl sites for hydroxylation is 3. The van der Waals surface area contributed by atoms with Gasteiger partial charge in [-0.1, -0.05) is 17.3 Å². The molecule has 2 heterocycles. The molecule has 0 radical (unpaired) electrons. The van der Waals surface area contributed by atoms with Crippen molar-refractivity contribution in [1.82, 2.24) is 19.9 Å². The maximum absolute atomic E-state index is 12.6. The van der Waals surface area contributed by atoms with E-state index in [1.165, 1.54) is 0 Å².